The molecule has 14 heteroatoms. The predicted molar refractivity (Wildman–Crippen MR) is 142 cm³/mol. The van der Waals surface area contributed by atoms with E-state index in [1.165, 1.54) is 18.2 Å². The number of aromatic nitrogens is 2. The topological polar surface area (TPSA) is 167 Å². The Morgan fingerprint density at radius 1 is 1.03 bits per heavy atom. The normalized spacial score (nSPS) is 12.5. The van der Waals surface area contributed by atoms with E-state index in [2.05, 4.69) is 25.0 Å². The van der Waals surface area contributed by atoms with Gasteiger partial charge in [-0.15, -0.1) is 0 Å². The van der Waals surface area contributed by atoms with Crippen LogP contribution in [0.5, 0.6) is 0 Å². The predicted octanol–water partition coefficient (Wildman–Crippen LogP) is 0.878. The number of halogens is 1. The summed E-state index contributed by atoms with van der Waals surface area (Å²) in [6.07, 6.45) is 1.18. The van der Waals surface area contributed by atoms with Crippen molar-refractivity contribution in [1.29, 1.82) is 0 Å². The number of carbonyl (C=O) groups is 1. The van der Waals surface area contributed by atoms with Gasteiger partial charge in [0, 0.05) is 31.4 Å². The molecule has 38 heavy (non-hydrogen) atoms. The minimum atomic E-state index is -3.77. The van der Waals surface area contributed by atoms with Gasteiger partial charge in [0.05, 0.1) is 28.7 Å². The standard InChI is InChI=1S/C24H30FN5O6S2/c1-24(2,15-28-38(35,36)11-10-27-37(3,33)34)14-26-22(31)19-12-16(8-9-20(19)25)13-21-17-6-4-5-7-18(17)23(32)30-29-21/h4-9,12,27-28H,10-11,13-15H2,1-3H3,(H,26,31)(H,30,32). The lowest BCUT2D eigenvalue weighted by Gasteiger charge is -2.25. The van der Waals surface area contributed by atoms with Gasteiger partial charge < -0.3 is 5.32 Å². The number of fused-ring (bicyclic) bond motifs is 1. The van der Waals surface area contributed by atoms with Crippen molar-refractivity contribution in [3.8, 4) is 0 Å². The second-order valence-corrected chi connectivity index (χ2v) is 13.4. The molecule has 0 aliphatic rings. The molecule has 0 aliphatic carbocycles. The summed E-state index contributed by atoms with van der Waals surface area (Å²) in [6, 6.07) is 11.1. The van der Waals surface area contributed by atoms with Gasteiger partial charge in [0.1, 0.15) is 5.82 Å². The van der Waals surface area contributed by atoms with E-state index < -0.39 is 42.9 Å². The summed E-state index contributed by atoms with van der Waals surface area (Å²) in [5, 5.41) is 10.3. The monoisotopic (exact) mass is 567 g/mol. The Hall–Kier alpha value is -3.20. The molecule has 1 aromatic heterocycles. The number of rotatable bonds is 12. The van der Waals surface area contributed by atoms with Crippen molar-refractivity contribution in [2.45, 2.75) is 20.3 Å². The van der Waals surface area contributed by atoms with Gasteiger partial charge in [0.2, 0.25) is 20.0 Å². The molecule has 11 nitrogen and oxygen atoms in total. The van der Waals surface area contributed by atoms with Crippen LogP contribution in [0.4, 0.5) is 4.39 Å². The minimum Gasteiger partial charge on any atom is -0.351 e. The van der Waals surface area contributed by atoms with E-state index in [4.69, 9.17) is 0 Å². The van der Waals surface area contributed by atoms with Crippen molar-refractivity contribution < 1.29 is 26.0 Å². The maximum Gasteiger partial charge on any atom is 0.272 e. The fourth-order valence-electron chi connectivity index (χ4n) is 3.57. The Balaban J connectivity index is 1.63. The highest BCUT2D eigenvalue weighted by Crippen LogP contribution is 2.19. The Morgan fingerprint density at radius 3 is 2.39 bits per heavy atom. The number of hydrogen-bond acceptors (Lipinski definition) is 7. The minimum absolute atomic E-state index is 0.0335. The largest absolute Gasteiger partial charge is 0.351 e. The highest BCUT2D eigenvalue weighted by atomic mass is 32.2. The van der Waals surface area contributed by atoms with Crippen molar-refractivity contribution in [3.05, 3.63) is 75.5 Å². The maximum atomic E-state index is 14.5. The SMILES string of the molecule is CC(C)(CNC(=O)c1cc(Cc2n[nH]c(=O)c3ccccc23)ccc1F)CNS(=O)(=O)CCNS(C)(=O)=O. The Kier molecular flexibility index (Phi) is 9.02. The number of H-pyrrole nitrogens is 1. The molecule has 3 aromatic rings. The second kappa shape index (κ2) is 11.7. The molecule has 0 aliphatic heterocycles. The first kappa shape index (κ1) is 29.4. The van der Waals surface area contributed by atoms with E-state index in [-0.39, 0.29) is 37.2 Å². The van der Waals surface area contributed by atoms with Crippen LogP contribution in [0, 0.1) is 11.2 Å². The summed E-state index contributed by atoms with van der Waals surface area (Å²) >= 11 is 0. The molecule has 1 heterocycles. The number of benzene rings is 2. The van der Waals surface area contributed by atoms with E-state index in [0.29, 0.717) is 22.0 Å². The quantitative estimate of drug-likeness (QED) is 0.252. The smallest absolute Gasteiger partial charge is 0.272 e. The zero-order valence-corrected chi connectivity index (χ0v) is 22.8. The summed E-state index contributed by atoms with van der Waals surface area (Å²) in [7, 11) is -7.27. The van der Waals surface area contributed by atoms with Gasteiger partial charge in [-0.3, -0.25) is 9.59 Å². The van der Waals surface area contributed by atoms with Crippen LogP contribution in [0.1, 0.15) is 35.5 Å². The average Bonchev–Trinajstić information content (AvgIpc) is 2.84. The highest BCUT2D eigenvalue weighted by molar-refractivity contribution is 7.90. The zero-order valence-electron chi connectivity index (χ0n) is 21.2. The number of carbonyl (C=O) groups excluding carboxylic acids is 1. The highest BCUT2D eigenvalue weighted by Gasteiger charge is 2.23. The molecule has 0 bridgehead atoms. The van der Waals surface area contributed by atoms with E-state index in [0.717, 1.165) is 6.26 Å². The number of aromatic amines is 1. The van der Waals surface area contributed by atoms with Gasteiger partial charge in [0.15, 0.2) is 0 Å². The van der Waals surface area contributed by atoms with E-state index in [9.17, 15) is 30.8 Å². The van der Waals surface area contributed by atoms with Crippen LogP contribution in [0.2, 0.25) is 0 Å². The Labute approximate surface area is 220 Å². The third-order valence-electron chi connectivity index (χ3n) is 5.66. The van der Waals surface area contributed by atoms with E-state index in [1.54, 1.807) is 38.1 Å². The first-order valence-corrected chi connectivity index (χ1v) is 15.2. The van der Waals surface area contributed by atoms with Crippen molar-refractivity contribution in [3.63, 3.8) is 0 Å². The number of nitrogens with one attached hydrogen (secondary N) is 4. The molecular weight excluding hydrogens is 537 g/mol. The molecule has 0 radical (unpaired) electrons. The average molecular weight is 568 g/mol. The van der Waals surface area contributed by atoms with Crippen LogP contribution in [0.3, 0.4) is 0 Å². The number of nitrogens with zero attached hydrogens (tertiary/aromatic N) is 1. The summed E-state index contributed by atoms with van der Waals surface area (Å²) < 4.78 is 65.5. The molecule has 4 N–H and O–H groups in total. The second-order valence-electron chi connectivity index (χ2n) is 9.69. The third-order valence-corrected chi connectivity index (χ3v) is 7.71. The van der Waals surface area contributed by atoms with Gasteiger partial charge >= 0.3 is 0 Å². The van der Waals surface area contributed by atoms with Crippen LogP contribution in [-0.4, -0.2) is 64.6 Å². The summed E-state index contributed by atoms with van der Waals surface area (Å²) in [5.74, 6) is -1.83. The first-order valence-electron chi connectivity index (χ1n) is 11.6. The lowest BCUT2D eigenvalue weighted by atomic mass is 9.93. The summed E-state index contributed by atoms with van der Waals surface area (Å²) in [4.78, 5) is 24.8. The summed E-state index contributed by atoms with van der Waals surface area (Å²) in [5.41, 5.74) is -0.0624. The molecular formula is C24H30FN5O6S2. The van der Waals surface area contributed by atoms with Gasteiger partial charge in [-0.25, -0.2) is 35.8 Å². The maximum absolute atomic E-state index is 14.5. The molecule has 0 atom stereocenters. The summed E-state index contributed by atoms with van der Waals surface area (Å²) in [6.45, 7) is 3.15. The Bertz CT molecular complexity index is 1600. The van der Waals surface area contributed by atoms with Gasteiger partial charge in [-0.05, 0) is 29.2 Å². The number of hydrogen-bond donors (Lipinski definition) is 4. The van der Waals surface area contributed by atoms with Crippen molar-refractivity contribution in [2.24, 2.45) is 5.41 Å². The third kappa shape index (κ3) is 8.41. The molecule has 206 valence electrons. The van der Waals surface area contributed by atoms with E-state index >= 15 is 0 Å². The molecule has 0 fully saturated rings. The van der Waals surface area contributed by atoms with Crippen molar-refractivity contribution in [1.82, 2.24) is 25.0 Å². The molecule has 0 unspecified atom stereocenters. The lowest BCUT2D eigenvalue weighted by Crippen LogP contribution is -2.43. The Morgan fingerprint density at radius 2 is 1.71 bits per heavy atom. The van der Waals surface area contributed by atoms with Crippen molar-refractivity contribution in [2.75, 3.05) is 31.6 Å². The van der Waals surface area contributed by atoms with E-state index in [1.807, 2.05) is 0 Å². The van der Waals surface area contributed by atoms with Crippen LogP contribution < -0.4 is 20.3 Å². The molecule has 3 rings (SSSR count). The molecule has 0 saturated carbocycles. The van der Waals surface area contributed by atoms with Gasteiger partial charge in [0.25, 0.3) is 11.5 Å². The van der Waals surface area contributed by atoms with Crippen LogP contribution >= 0.6 is 0 Å². The fraction of sp³-hybridized carbons (Fsp3) is 0.375. The molecule has 2 aromatic carbocycles. The van der Waals surface area contributed by atoms with Crippen LogP contribution in [0.15, 0.2) is 47.3 Å². The van der Waals surface area contributed by atoms with Crippen LogP contribution in [-0.2, 0) is 26.5 Å². The van der Waals surface area contributed by atoms with Crippen LogP contribution in [0.25, 0.3) is 10.8 Å². The molecule has 1 amide bonds. The van der Waals surface area contributed by atoms with Gasteiger partial charge in [-0.1, -0.05) is 38.1 Å². The molecule has 0 saturated heterocycles. The van der Waals surface area contributed by atoms with Gasteiger partial charge in [-0.2, -0.15) is 5.10 Å². The van der Waals surface area contributed by atoms with Crippen molar-refractivity contribution >= 4 is 36.7 Å². The first-order chi connectivity index (χ1) is 17.7. The fourth-order valence-corrected chi connectivity index (χ4v) is 5.30. The molecule has 0 spiro atoms. The number of amides is 1. The zero-order chi connectivity index (χ0) is 28.1. The number of sulfonamides is 2. The lowest BCUT2D eigenvalue weighted by molar-refractivity contribution is 0.0933.